The first kappa shape index (κ1) is 57.2. The van der Waals surface area contributed by atoms with Crippen molar-refractivity contribution in [1.82, 2.24) is 19.2 Å². The van der Waals surface area contributed by atoms with Gasteiger partial charge in [0, 0.05) is 85.6 Å². The molecular weight excluding hydrogens is 1170 g/mol. The Morgan fingerprint density at radius 3 is 1.46 bits per heavy atom. The number of nitrogens with zero attached hydrogens (tertiary/aromatic N) is 3. The Morgan fingerprint density at radius 2 is 1.09 bits per heavy atom. The van der Waals surface area contributed by atoms with Crippen LogP contribution >= 0.6 is 92.2 Å². The lowest BCUT2D eigenvalue weighted by atomic mass is 9.60. The fourth-order valence-corrected chi connectivity index (χ4v) is 12.7. The number of alkyl halides is 1. The zero-order chi connectivity index (χ0) is 51.0. The molecule has 4 aromatic carbocycles. The summed E-state index contributed by atoms with van der Waals surface area (Å²) < 4.78 is 59.0. The topological polar surface area (TPSA) is 172 Å². The van der Waals surface area contributed by atoms with Crippen LogP contribution in [0.15, 0.2) is 99.7 Å². The summed E-state index contributed by atoms with van der Waals surface area (Å²) in [4.78, 5) is 40.0. The summed E-state index contributed by atoms with van der Waals surface area (Å²) in [7, 11) is -7.05. The van der Waals surface area contributed by atoms with Crippen molar-refractivity contribution >= 4 is 130 Å². The summed E-state index contributed by atoms with van der Waals surface area (Å²) >= 11 is 37.3. The molecule has 0 radical (unpaired) electrons. The van der Waals surface area contributed by atoms with Gasteiger partial charge in [0.1, 0.15) is 5.60 Å². The number of carbonyl (C=O) groups is 2. The number of ether oxygens (including phenoxy) is 1. The lowest BCUT2D eigenvalue weighted by Gasteiger charge is -2.59. The van der Waals surface area contributed by atoms with E-state index in [2.05, 4.69) is 38.2 Å². The molecule has 2 amide bonds. The Kier molecular flexibility index (Phi) is 20.2. The molecule has 2 aliphatic carbocycles. The van der Waals surface area contributed by atoms with Gasteiger partial charge in [-0.1, -0.05) is 104 Å². The van der Waals surface area contributed by atoms with Crippen LogP contribution in [0.25, 0.3) is 0 Å². The highest BCUT2D eigenvalue weighted by atomic mass is 127. The number of alkyl carbamates (subject to hydrolysis) is 1. The van der Waals surface area contributed by atoms with E-state index in [1.54, 1.807) is 54.6 Å². The molecule has 2 unspecified atom stereocenters. The minimum atomic E-state index is -3.54. The molecule has 0 aromatic heterocycles. The summed E-state index contributed by atoms with van der Waals surface area (Å²) in [6.07, 6.45) is 5.36. The van der Waals surface area contributed by atoms with Crippen LogP contribution in [-0.2, 0) is 47.3 Å². The van der Waals surface area contributed by atoms with Gasteiger partial charge >= 0.3 is 6.09 Å². The van der Waals surface area contributed by atoms with Gasteiger partial charge in [-0.15, -0.1) is 0 Å². The Labute approximate surface area is 448 Å². The second-order valence-corrected chi connectivity index (χ2v) is 24.4. The number of amides is 2. The third kappa shape index (κ3) is 14.7. The average Bonchev–Trinajstić information content (AvgIpc) is 3.23. The van der Waals surface area contributed by atoms with Gasteiger partial charge in [0.15, 0.2) is 0 Å². The number of rotatable bonds is 11. The number of benzene rings is 4. The van der Waals surface area contributed by atoms with E-state index in [9.17, 15) is 31.2 Å². The predicted octanol–water partition coefficient (Wildman–Crippen LogP) is 11.4. The van der Waals surface area contributed by atoms with Crippen LogP contribution in [0.4, 0.5) is 4.79 Å². The molecule has 374 valence electrons. The third-order valence-corrected chi connectivity index (χ3v) is 17.5. The fourth-order valence-electron chi connectivity index (χ4n) is 8.22. The van der Waals surface area contributed by atoms with Crippen molar-refractivity contribution in [2.45, 2.75) is 93.3 Å². The molecule has 2 heterocycles. The van der Waals surface area contributed by atoms with Crippen molar-refractivity contribution < 1.29 is 36.0 Å². The standard InChI is InChI=1S/C21H21Cl3N2O3S.C17H23ClN2O4S.C8H5Cl2NO.CH3I/c22-15-4-6-17(7-5-15)30(28,29)26-12-21(13-26)10-9-19(21)25-20(27)8-2-14-1-3-16(23)11-18(14)24;1-16(2,3)24-15(21)19-14-8-9-17(14)10-20(11-17)25(22,23)13-6-4-12(18)5-7-13;9-7-2-1-6(4-11-5-12)8(10)3-7;1-2/h1,3-7,11,19H,2,8-10,12-13H2,(H,25,27);4-7,14H,8-11H2,1-3H3,(H,19,21);1-3H,4H2;1H3. The summed E-state index contributed by atoms with van der Waals surface area (Å²) in [5.74, 6) is -0.0518. The van der Waals surface area contributed by atoms with Gasteiger partial charge in [0.05, 0.1) is 16.3 Å². The van der Waals surface area contributed by atoms with Gasteiger partial charge < -0.3 is 15.4 Å². The van der Waals surface area contributed by atoms with Crippen molar-refractivity contribution in [2.24, 2.45) is 15.8 Å². The molecule has 2 saturated carbocycles. The molecule has 69 heavy (non-hydrogen) atoms. The molecule has 22 heteroatoms. The summed E-state index contributed by atoms with van der Waals surface area (Å²) in [6.45, 7) is 7.36. The second kappa shape index (κ2) is 24.3. The van der Waals surface area contributed by atoms with Crippen molar-refractivity contribution in [1.29, 1.82) is 0 Å². The van der Waals surface area contributed by atoms with Gasteiger partial charge in [-0.3, -0.25) is 4.79 Å². The first-order chi connectivity index (χ1) is 32.4. The number of hydrogen-bond acceptors (Lipinski definition) is 9. The van der Waals surface area contributed by atoms with Crippen LogP contribution in [0.2, 0.25) is 30.1 Å². The lowest BCUT2D eigenvalue weighted by molar-refractivity contribution is -0.127. The molecule has 13 nitrogen and oxygen atoms in total. The van der Waals surface area contributed by atoms with Gasteiger partial charge in [-0.25, -0.2) is 31.4 Å². The van der Waals surface area contributed by atoms with Crippen molar-refractivity contribution in [3.8, 4) is 0 Å². The van der Waals surface area contributed by atoms with Crippen LogP contribution in [-0.4, -0.2) is 92.3 Å². The van der Waals surface area contributed by atoms with E-state index in [0.717, 1.165) is 36.8 Å². The summed E-state index contributed by atoms with van der Waals surface area (Å²) in [5, 5.41) is 9.16. The minimum absolute atomic E-state index is 0.00218. The number of nitrogens with one attached hydrogen (secondary N) is 2. The van der Waals surface area contributed by atoms with E-state index in [4.69, 9.17) is 74.3 Å². The summed E-state index contributed by atoms with van der Waals surface area (Å²) in [6, 6.07) is 22.6. The number of carbonyl (C=O) groups excluding carboxylic acids is 3. The van der Waals surface area contributed by atoms with Crippen LogP contribution < -0.4 is 10.6 Å². The Morgan fingerprint density at radius 1 is 0.681 bits per heavy atom. The number of hydrogen-bond donors (Lipinski definition) is 2. The molecule has 4 fully saturated rings. The number of sulfonamides is 2. The molecule has 4 aliphatic rings. The Balaban J connectivity index is 0.000000205. The van der Waals surface area contributed by atoms with Gasteiger partial charge in [-0.05, 0) is 142 Å². The Hall–Kier alpha value is -2.71. The SMILES string of the molecule is CC(C)(C)OC(=O)NC1CCC12CN(S(=O)(=O)c1ccc(Cl)cc1)C2.CI.O=C(CCc1ccc(Cl)cc1Cl)NC1CCC12CN(S(=O)(=O)c1ccc(Cl)cc1)C2.O=C=NCc1ccc(Cl)cc1Cl. The minimum Gasteiger partial charge on any atom is -0.444 e. The monoisotopic (exact) mass is 1220 g/mol. The average molecular weight is 1220 g/mol. The van der Waals surface area contributed by atoms with Crippen LogP contribution in [0.3, 0.4) is 0 Å². The first-order valence-electron chi connectivity index (χ1n) is 21.5. The maximum Gasteiger partial charge on any atom is 0.407 e. The number of aliphatic imine (C=N–C) groups is 1. The molecule has 2 N–H and O–H groups in total. The molecule has 2 aliphatic heterocycles. The maximum atomic E-state index is 12.8. The van der Waals surface area contributed by atoms with Crippen LogP contribution in [0.1, 0.15) is 64.0 Å². The number of halogens is 7. The maximum absolute atomic E-state index is 12.8. The third-order valence-electron chi connectivity index (χ3n) is 12.2. The van der Waals surface area contributed by atoms with Crippen LogP contribution in [0, 0.1) is 10.8 Å². The highest BCUT2D eigenvalue weighted by Gasteiger charge is 2.59. The van der Waals surface area contributed by atoms with E-state index in [1.165, 1.54) is 39.0 Å². The van der Waals surface area contributed by atoms with E-state index in [-0.39, 0.29) is 45.2 Å². The van der Waals surface area contributed by atoms with E-state index >= 15 is 0 Å². The lowest BCUT2D eigenvalue weighted by Crippen LogP contribution is -2.71. The zero-order valence-corrected chi connectivity index (χ0v) is 46.4. The van der Waals surface area contributed by atoms with E-state index in [0.29, 0.717) is 69.2 Å². The van der Waals surface area contributed by atoms with E-state index < -0.39 is 31.7 Å². The predicted molar refractivity (Wildman–Crippen MR) is 282 cm³/mol. The quantitative estimate of drug-likeness (QED) is 0.0646. The first-order valence-corrected chi connectivity index (χ1v) is 28.9. The Bertz CT molecular complexity index is 2730. The molecule has 4 aromatic rings. The van der Waals surface area contributed by atoms with Gasteiger partial charge in [0.25, 0.3) is 0 Å². The zero-order valence-electron chi connectivity index (χ0n) is 38.1. The smallest absolute Gasteiger partial charge is 0.407 e. The second-order valence-electron chi connectivity index (χ2n) is 18.0. The van der Waals surface area contributed by atoms with Crippen molar-refractivity contribution in [2.75, 3.05) is 31.1 Å². The molecule has 2 spiro atoms. The van der Waals surface area contributed by atoms with Gasteiger partial charge in [0.2, 0.25) is 32.0 Å². The van der Waals surface area contributed by atoms with Gasteiger partial charge in [-0.2, -0.15) is 8.61 Å². The van der Waals surface area contributed by atoms with Crippen LogP contribution in [0.5, 0.6) is 0 Å². The molecule has 0 bridgehead atoms. The highest BCUT2D eigenvalue weighted by molar-refractivity contribution is 14.1. The molecule has 2 saturated heterocycles. The van der Waals surface area contributed by atoms with E-state index in [1.807, 2.05) is 31.8 Å². The number of aryl methyl sites for hydroxylation is 1. The fraction of sp³-hybridized carbons (Fsp3) is 0.426. The largest absolute Gasteiger partial charge is 0.444 e. The van der Waals surface area contributed by atoms with Crippen molar-refractivity contribution in [3.05, 3.63) is 126 Å². The molecule has 2 atom stereocenters. The number of isocyanates is 1. The van der Waals surface area contributed by atoms with Crippen molar-refractivity contribution in [3.63, 3.8) is 0 Å². The normalized spacial score (nSPS) is 18.8. The summed E-state index contributed by atoms with van der Waals surface area (Å²) in [5.41, 5.74) is 0.765. The molecular formula is C47H52Cl6IN5O8S2. The highest BCUT2D eigenvalue weighted by Crippen LogP contribution is 2.51. The molecule has 8 rings (SSSR count).